The molecule has 0 bridgehead atoms. The zero-order valence-corrected chi connectivity index (χ0v) is 19.3. The highest BCUT2D eigenvalue weighted by atomic mass is 16.4. The smallest absolute Gasteiger partial charge is 0.377 e. The number of ketones is 1. The molecule has 0 aliphatic rings. The maximum absolute atomic E-state index is 13.0. The first-order valence-corrected chi connectivity index (χ1v) is 12.4. The summed E-state index contributed by atoms with van der Waals surface area (Å²) in [6, 6.07) is 27.8. The number of hydrogen-bond donors (Lipinski definition) is 1. The van der Waals surface area contributed by atoms with Crippen LogP contribution in [0, 0.1) is 0 Å². The van der Waals surface area contributed by atoms with Gasteiger partial charge in [0.2, 0.25) is 0 Å². The highest BCUT2D eigenvalue weighted by molar-refractivity contribution is 6.55. The fraction of sp³-hybridized carbons (Fsp3) is 0. The zero-order chi connectivity index (χ0) is 24.3. The van der Waals surface area contributed by atoms with Gasteiger partial charge in [-0.3, -0.25) is 4.79 Å². The minimum atomic E-state index is -1.43. The second-order valence-corrected chi connectivity index (χ2v) is 10.5. The third-order valence-electron chi connectivity index (χ3n) is 8.89. The van der Waals surface area contributed by atoms with Crippen molar-refractivity contribution >= 4 is 109 Å². The lowest BCUT2D eigenvalue weighted by atomic mass is 9.77. The quantitative estimate of drug-likeness (QED) is 0.119. The van der Waals surface area contributed by atoms with Crippen LogP contribution in [0.15, 0.2) is 78.9 Å². The molecule has 0 saturated carbocycles. The van der Waals surface area contributed by atoms with E-state index in [1.54, 1.807) is 6.07 Å². The molecule has 0 aliphatic carbocycles. The van der Waals surface area contributed by atoms with Gasteiger partial charge in [-0.15, -0.1) is 0 Å². The van der Waals surface area contributed by atoms with Gasteiger partial charge in [0.25, 0.3) is 5.78 Å². The number of carboxylic acids is 1. The summed E-state index contributed by atoms with van der Waals surface area (Å²) in [5.41, 5.74) is 0.257. The molecule has 0 radical (unpaired) electrons. The second-order valence-electron chi connectivity index (χ2n) is 10.5. The maximum Gasteiger partial charge on any atom is 0.377 e. The fourth-order valence-electron chi connectivity index (χ4n) is 7.56. The van der Waals surface area contributed by atoms with Crippen molar-refractivity contribution in [1.82, 2.24) is 0 Å². The van der Waals surface area contributed by atoms with E-state index >= 15 is 0 Å². The maximum atomic E-state index is 13.0. The van der Waals surface area contributed by atoms with Gasteiger partial charge in [-0.2, -0.15) is 0 Å². The molecule has 0 atom stereocenters. The van der Waals surface area contributed by atoms with E-state index in [2.05, 4.69) is 60.7 Å². The molecule has 168 valence electrons. The first-order valence-electron chi connectivity index (χ1n) is 12.4. The summed E-state index contributed by atoms with van der Waals surface area (Å²) in [5.74, 6) is -2.29. The molecule has 0 unspecified atom stereocenters. The lowest BCUT2D eigenvalue weighted by Crippen LogP contribution is -2.13. The van der Waals surface area contributed by atoms with Crippen LogP contribution in [0.1, 0.15) is 10.4 Å². The van der Waals surface area contributed by atoms with E-state index in [-0.39, 0.29) is 5.56 Å². The van der Waals surface area contributed by atoms with E-state index in [1.165, 1.54) is 59.2 Å². The summed E-state index contributed by atoms with van der Waals surface area (Å²) in [5, 5.41) is 30.3. The van der Waals surface area contributed by atoms with Crippen LogP contribution in [0.4, 0.5) is 0 Å². The predicted molar refractivity (Wildman–Crippen MR) is 152 cm³/mol. The number of aliphatic carboxylic acids is 1. The number of carbonyl (C=O) groups excluding carboxylic acids is 1. The highest BCUT2D eigenvalue weighted by Crippen LogP contribution is 2.55. The summed E-state index contributed by atoms with van der Waals surface area (Å²) in [4.78, 5) is 25.0. The van der Waals surface area contributed by atoms with Gasteiger partial charge >= 0.3 is 5.97 Å². The van der Waals surface area contributed by atoms with E-state index in [0.29, 0.717) is 0 Å². The van der Waals surface area contributed by atoms with Crippen LogP contribution >= 0.6 is 0 Å². The molecule has 0 aromatic heterocycles. The standard InChI is InChI=1S/C34H14O3/c35-33(34(36)37)22-13-20-10-6-16-4-8-18-11-17-7-3-14-1-2-15-5-9-19-12-21(22)30-26(20)25(16)28(18)31-27(17)23(14)24(15)29(19)32(30)31/h1-13H,(H,36,37). The lowest BCUT2D eigenvalue weighted by molar-refractivity contribution is -0.131. The van der Waals surface area contributed by atoms with Crippen LogP contribution < -0.4 is 0 Å². The monoisotopic (exact) mass is 470 g/mol. The first kappa shape index (κ1) is 18.3. The summed E-state index contributed by atoms with van der Waals surface area (Å²) in [6.07, 6.45) is 0. The van der Waals surface area contributed by atoms with E-state index < -0.39 is 11.8 Å². The van der Waals surface area contributed by atoms with Crippen molar-refractivity contribution in [1.29, 1.82) is 0 Å². The minimum Gasteiger partial charge on any atom is -0.475 e. The van der Waals surface area contributed by atoms with Gasteiger partial charge in [-0.1, -0.05) is 60.7 Å². The van der Waals surface area contributed by atoms with E-state index in [9.17, 15) is 14.7 Å². The molecular weight excluding hydrogens is 456 g/mol. The van der Waals surface area contributed by atoms with E-state index in [1.807, 2.05) is 12.1 Å². The number of rotatable bonds is 2. The Morgan fingerprint density at radius 1 is 0.405 bits per heavy atom. The first-order chi connectivity index (χ1) is 18.1. The van der Waals surface area contributed by atoms with Crippen LogP contribution in [0.5, 0.6) is 0 Å². The van der Waals surface area contributed by atoms with Crippen LogP contribution in [-0.4, -0.2) is 16.9 Å². The second kappa shape index (κ2) is 5.53. The molecule has 0 fully saturated rings. The molecule has 0 amide bonds. The van der Waals surface area contributed by atoms with E-state index in [0.717, 1.165) is 37.7 Å². The number of carbonyl (C=O) groups is 2. The number of carboxylic acid groups (broad SMARTS) is 1. The summed E-state index contributed by atoms with van der Waals surface area (Å²) in [6.45, 7) is 0. The Kier molecular flexibility index (Phi) is 2.73. The largest absolute Gasteiger partial charge is 0.475 e. The topological polar surface area (TPSA) is 54.4 Å². The Balaban J connectivity index is 1.72. The predicted octanol–water partition coefficient (Wildman–Crippen LogP) is 8.52. The van der Waals surface area contributed by atoms with Gasteiger partial charge in [0.1, 0.15) is 0 Å². The minimum absolute atomic E-state index is 0.257. The lowest BCUT2D eigenvalue weighted by Gasteiger charge is -2.25. The molecule has 0 aliphatic heterocycles. The van der Waals surface area contributed by atoms with Crippen molar-refractivity contribution in [3.05, 3.63) is 84.4 Å². The van der Waals surface area contributed by atoms with Crippen LogP contribution in [0.25, 0.3) is 97.0 Å². The number of hydrogen-bond acceptors (Lipinski definition) is 2. The Morgan fingerprint density at radius 2 is 0.757 bits per heavy atom. The van der Waals surface area contributed by atoms with Gasteiger partial charge in [-0.25, -0.2) is 4.79 Å². The third-order valence-corrected chi connectivity index (χ3v) is 8.89. The van der Waals surface area contributed by atoms with Crippen molar-refractivity contribution < 1.29 is 14.7 Å². The molecule has 10 aromatic rings. The van der Waals surface area contributed by atoms with Gasteiger partial charge < -0.3 is 5.11 Å². The molecule has 1 N–H and O–H groups in total. The summed E-state index contributed by atoms with van der Waals surface area (Å²) >= 11 is 0. The fourth-order valence-corrected chi connectivity index (χ4v) is 7.56. The molecule has 3 heteroatoms. The van der Waals surface area contributed by atoms with Crippen LogP contribution in [0.3, 0.4) is 0 Å². The van der Waals surface area contributed by atoms with E-state index in [4.69, 9.17) is 0 Å². The van der Waals surface area contributed by atoms with Gasteiger partial charge in [0, 0.05) is 5.56 Å². The van der Waals surface area contributed by atoms with Crippen LogP contribution in [0.2, 0.25) is 0 Å². The number of Topliss-reactive ketones (excluding diaryl/α,β-unsaturated/α-hetero) is 1. The van der Waals surface area contributed by atoms with Crippen molar-refractivity contribution in [3.8, 4) is 0 Å². The van der Waals surface area contributed by atoms with Crippen molar-refractivity contribution in [2.24, 2.45) is 0 Å². The molecule has 3 nitrogen and oxygen atoms in total. The average Bonchev–Trinajstić information content (AvgIpc) is 2.93. The zero-order valence-electron chi connectivity index (χ0n) is 19.3. The van der Waals surface area contributed by atoms with Gasteiger partial charge in [0.15, 0.2) is 0 Å². The molecule has 10 rings (SSSR count). The molecule has 0 saturated heterocycles. The van der Waals surface area contributed by atoms with Gasteiger partial charge in [0.05, 0.1) is 0 Å². The van der Waals surface area contributed by atoms with Crippen molar-refractivity contribution in [2.75, 3.05) is 0 Å². The summed E-state index contributed by atoms with van der Waals surface area (Å²) < 4.78 is 0. The average molecular weight is 470 g/mol. The Morgan fingerprint density at radius 3 is 1.24 bits per heavy atom. The van der Waals surface area contributed by atoms with Crippen LogP contribution in [-0.2, 0) is 4.79 Å². The molecule has 0 spiro atoms. The molecular formula is C34H14O3. The molecule has 0 heterocycles. The molecule has 10 aromatic carbocycles. The third kappa shape index (κ3) is 1.81. The van der Waals surface area contributed by atoms with Gasteiger partial charge in [-0.05, 0) is 115 Å². The number of benzene rings is 10. The Hall–Kier alpha value is -5.02. The van der Waals surface area contributed by atoms with Crippen molar-refractivity contribution in [2.45, 2.75) is 0 Å². The Bertz CT molecular complexity index is 2580. The molecule has 37 heavy (non-hydrogen) atoms. The normalized spacial score (nSPS) is 13.2. The Labute approximate surface area is 207 Å². The highest BCUT2D eigenvalue weighted by Gasteiger charge is 2.28. The SMILES string of the molecule is O=C(O)C(=O)c1cc2ccc3ccc4cc5ccc6ccc7ccc8cc1c1c2c3c4c2c5c6c7c8c12. The summed E-state index contributed by atoms with van der Waals surface area (Å²) in [7, 11) is 0. The van der Waals surface area contributed by atoms with Crippen molar-refractivity contribution in [3.63, 3.8) is 0 Å².